The van der Waals surface area contributed by atoms with Crippen LogP contribution in [0, 0.1) is 0 Å². The molecule has 0 aromatic heterocycles. The topological polar surface area (TPSA) is 0 Å². The number of allylic oxidation sites excluding steroid dienone is 4. The van der Waals surface area contributed by atoms with Gasteiger partial charge in [0.05, 0.1) is 0 Å². The van der Waals surface area contributed by atoms with Crippen LogP contribution in [-0.4, -0.2) is 0 Å². The van der Waals surface area contributed by atoms with Crippen molar-refractivity contribution in [2.75, 3.05) is 0 Å². The molecule has 0 spiro atoms. The lowest BCUT2D eigenvalue weighted by Crippen LogP contribution is -2.17. The summed E-state index contributed by atoms with van der Waals surface area (Å²) >= 11 is 0. The molecule has 0 atom stereocenters. The molecule has 2 aliphatic carbocycles. The molecule has 0 saturated heterocycles. The molecule has 13 rings (SSSR count). The standard InChI is InChI=1S/C39H30.C20H14.C6H6.2C2H6/c1-39(2)35-18-10-9-13-29(35)30-22-21-28(24-36(30)39)38-33-16-7-5-14-31(33)37(32-15-6-8-17-34(32)38)27-20-19-25-11-3-4-12-26(25)23-27;1-2-8-15(9-3-1)20-18-12-6-4-10-16(18)14-17-11-5-7-13-19(17)20;1-2-4-6-5-3-1;2*1-2/h3-20,23-24H,21-22H2,1-2H3;1-14H;1-6H;2*1-2H3. The highest BCUT2D eigenvalue weighted by Crippen LogP contribution is 2.53. The maximum Gasteiger partial charge on any atom is 0.0155 e. The molecule has 69 heavy (non-hydrogen) atoms. The third-order valence-electron chi connectivity index (χ3n) is 13.7. The summed E-state index contributed by atoms with van der Waals surface area (Å²) in [6, 6.07) is 84.9. The molecule has 0 bridgehead atoms. The summed E-state index contributed by atoms with van der Waals surface area (Å²) in [7, 11) is 0. The van der Waals surface area contributed by atoms with Gasteiger partial charge in [-0.15, -0.1) is 0 Å². The van der Waals surface area contributed by atoms with Crippen molar-refractivity contribution in [2.45, 2.75) is 59.8 Å². The summed E-state index contributed by atoms with van der Waals surface area (Å²) in [6.07, 6.45) is 4.70. The summed E-state index contributed by atoms with van der Waals surface area (Å²) in [5.41, 5.74) is 14.1. The van der Waals surface area contributed by atoms with Gasteiger partial charge in [-0.25, -0.2) is 0 Å². The number of hydrogen-bond donors (Lipinski definition) is 0. The van der Waals surface area contributed by atoms with Gasteiger partial charge >= 0.3 is 0 Å². The molecule has 0 saturated carbocycles. The molecule has 0 heteroatoms. The molecule has 2 aliphatic rings. The van der Waals surface area contributed by atoms with Crippen molar-refractivity contribution >= 4 is 65.0 Å². The average molecular weight is 891 g/mol. The van der Waals surface area contributed by atoms with Crippen molar-refractivity contribution in [1.29, 1.82) is 0 Å². The van der Waals surface area contributed by atoms with Crippen LogP contribution < -0.4 is 0 Å². The Morgan fingerprint density at radius 1 is 0.319 bits per heavy atom. The summed E-state index contributed by atoms with van der Waals surface area (Å²) < 4.78 is 0. The molecule has 0 fully saturated rings. The maximum absolute atomic E-state index is 2.54. The lowest BCUT2D eigenvalue weighted by molar-refractivity contribution is 0.652. The summed E-state index contributed by atoms with van der Waals surface area (Å²) in [6.45, 7) is 12.8. The van der Waals surface area contributed by atoms with Crippen LogP contribution in [0.25, 0.3) is 87.3 Å². The molecule has 338 valence electrons. The fraction of sp³-hybridized carbons (Fsp3) is 0.130. The van der Waals surface area contributed by atoms with Crippen molar-refractivity contribution in [3.63, 3.8) is 0 Å². The Labute approximate surface area is 410 Å². The molecule has 0 radical (unpaired) electrons. The normalized spacial score (nSPS) is 13.1. The summed E-state index contributed by atoms with van der Waals surface area (Å²) in [5.74, 6) is 0. The first-order valence-corrected chi connectivity index (χ1v) is 25.0. The maximum atomic E-state index is 2.54. The Morgan fingerprint density at radius 3 is 1.30 bits per heavy atom. The van der Waals surface area contributed by atoms with Gasteiger partial charge in [-0.2, -0.15) is 0 Å². The fourth-order valence-corrected chi connectivity index (χ4v) is 10.6. The zero-order chi connectivity index (χ0) is 47.7. The number of benzene rings is 11. The molecule has 11 aromatic rings. The first-order valence-electron chi connectivity index (χ1n) is 25.0. The molecular formula is C69H62. The Morgan fingerprint density at radius 2 is 0.739 bits per heavy atom. The lowest BCUT2D eigenvalue weighted by Gasteiger charge is -2.27. The first kappa shape index (κ1) is 46.3. The number of hydrogen-bond acceptors (Lipinski definition) is 0. The Hall–Kier alpha value is -7.80. The van der Waals surface area contributed by atoms with E-state index in [1.54, 1.807) is 5.57 Å². The van der Waals surface area contributed by atoms with Gasteiger partial charge in [0.1, 0.15) is 0 Å². The van der Waals surface area contributed by atoms with Crippen molar-refractivity contribution in [3.05, 3.63) is 265 Å². The van der Waals surface area contributed by atoms with Gasteiger partial charge in [0.2, 0.25) is 0 Å². The van der Waals surface area contributed by atoms with Gasteiger partial charge in [0.15, 0.2) is 0 Å². The Bertz CT molecular complexity index is 3470. The third kappa shape index (κ3) is 9.04. The SMILES string of the molecule is CC.CC.CC1(C)C2=C(CCC(c3c4ccccc4c(-c4ccc5ccccc5c4)c4ccccc34)=C2)c2ccccc21.c1ccc(-c2c3ccccc3cc3ccccc23)cc1.c1ccccc1. The molecule has 0 nitrogen and oxygen atoms in total. The number of rotatable bonds is 3. The van der Waals surface area contributed by atoms with Gasteiger partial charge in [0.25, 0.3) is 0 Å². The molecule has 0 N–H and O–H groups in total. The predicted molar refractivity (Wildman–Crippen MR) is 304 cm³/mol. The molecule has 11 aromatic carbocycles. The zero-order valence-corrected chi connectivity index (χ0v) is 41.0. The van der Waals surface area contributed by atoms with Gasteiger partial charge in [-0.05, 0) is 135 Å². The lowest BCUT2D eigenvalue weighted by atomic mass is 9.76. The quantitative estimate of drug-likeness (QED) is 0.155. The van der Waals surface area contributed by atoms with E-state index in [-0.39, 0.29) is 5.41 Å². The van der Waals surface area contributed by atoms with E-state index in [9.17, 15) is 0 Å². The molecular weight excluding hydrogens is 829 g/mol. The fourth-order valence-electron chi connectivity index (χ4n) is 10.6. The van der Waals surface area contributed by atoms with Gasteiger partial charge in [-0.1, -0.05) is 272 Å². The highest BCUT2D eigenvalue weighted by atomic mass is 14.4. The van der Waals surface area contributed by atoms with Crippen molar-refractivity contribution in [3.8, 4) is 22.3 Å². The van der Waals surface area contributed by atoms with Gasteiger partial charge in [0, 0.05) is 5.41 Å². The van der Waals surface area contributed by atoms with Crippen molar-refractivity contribution < 1.29 is 0 Å². The second-order valence-corrected chi connectivity index (χ2v) is 17.9. The second-order valence-electron chi connectivity index (χ2n) is 17.9. The van der Waals surface area contributed by atoms with Crippen LogP contribution in [0.4, 0.5) is 0 Å². The zero-order valence-electron chi connectivity index (χ0n) is 41.0. The largest absolute Gasteiger partial charge is 0.0683 e. The van der Waals surface area contributed by atoms with E-state index >= 15 is 0 Å². The van der Waals surface area contributed by atoms with Crippen LogP contribution >= 0.6 is 0 Å². The van der Waals surface area contributed by atoms with Gasteiger partial charge in [-0.3, -0.25) is 0 Å². The summed E-state index contributed by atoms with van der Waals surface area (Å²) in [4.78, 5) is 0. The molecule has 0 amide bonds. The Kier molecular flexibility index (Phi) is 14.1. The van der Waals surface area contributed by atoms with E-state index in [4.69, 9.17) is 0 Å². The van der Waals surface area contributed by atoms with Crippen molar-refractivity contribution in [1.82, 2.24) is 0 Å². The molecule has 0 unspecified atom stereocenters. The van der Waals surface area contributed by atoms with E-state index in [1.165, 1.54) is 104 Å². The van der Waals surface area contributed by atoms with Crippen LogP contribution in [0.3, 0.4) is 0 Å². The number of fused-ring (bicyclic) bond motifs is 7. The van der Waals surface area contributed by atoms with E-state index in [2.05, 4.69) is 220 Å². The smallest absolute Gasteiger partial charge is 0.0155 e. The van der Waals surface area contributed by atoms with E-state index in [0.29, 0.717) is 0 Å². The monoisotopic (exact) mass is 890 g/mol. The minimum Gasteiger partial charge on any atom is -0.0683 e. The predicted octanol–water partition coefficient (Wildman–Crippen LogP) is 20.1. The van der Waals surface area contributed by atoms with Crippen LogP contribution in [0.15, 0.2) is 248 Å². The third-order valence-corrected chi connectivity index (χ3v) is 13.7. The van der Waals surface area contributed by atoms with Crippen LogP contribution in [-0.2, 0) is 5.41 Å². The minimum absolute atomic E-state index is 0.0221. The Balaban J connectivity index is 0.000000164. The van der Waals surface area contributed by atoms with Crippen LogP contribution in [0.1, 0.15) is 71.1 Å². The van der Waals surface area contributed by atoms with Crippen molar-refractivity contribution in [2.24, 2.45) is 0 Å². The van der Waals surface area contributed by atoms with Crippen LogP contribution in [0.5, 0.6) is 0 Å². The second kappa shape index (κ2) is 21.0. The minimum atomic E-state index is 0.0221. The van der Waals surface area contributed by atoms with Crippen LogP contribution in [0.2, 0.25) is 0 Å². The average Bonchev–Trinajstić information content (AvgIpc) is 3.66. The first-order chi connectivity index (χ1) is 34.0. The van der Waals surface area contributed by atoms with E-state index < -0.39 is 0 Å². The highest BCUT2D eigenvalue weighted by Gasteiger charge is 2.38. The van der Waals surface area contributed by atoms with E-state index in [1.807, 2.05) is 64.1 Å². The van der Waals surface area contributed by atoms with E-state index in [0.717, 1.165) is 12.8 Å². The summed E-state index contributed by atoms with van der Waals surface area (Å²) in [5, 5.41) is 13.1. The molecule has 0 aliphatic heterocycles. The molecule has 0 heterocycles. The highest BCUT2D eigenvalue weighted by molar-refractivity contribution is 6.20. The van der Waals surface area contributed by atoms with Gasteiger partial charge < -0.3 is 0 Å².